The van der Waals surface area contributed by atoms with Crippen molar-refractivity contribution in [2.24, 2.45) is 0 Å². The summed E-state index contributed by atoms with van der Waals surface area (Å²) in [4.78, 5) is 11.4. The zero-order valence-electron chi connectivity index (χ0n) is 11.9. The van der Waals surface area contributed by atoms with Crippen LogP contribution in [0.15, 0.2) is 12.1 Å². The molecule has 0 bridgehead atoms. The van der Waals surface area contributed by atoms with Gasteiger partial charge >= 0.3 is 0 Å². The van der Waals surface area contributed by atoms with Crippen molar-refractivity contribution < 1.29 is 18.3 Å². The Morgan fingerprint density at radius 2 is 1.90 bits per heavy atom. The Morgan fingerprint density at radius 1 is 1.30 bits per heavy atom. The van der Waals surface area contributed by atoms with E-state index in [1.807, 2.05) is 6.92 Å². The predicted octanol–water partition coefficient (Wildman–Crippen LogP) is 1.98. The molecule has 0 saturated carbocycles. The van der Waals surface area contributed by atoms with Crippen molar-refractivity contribution >= 4 is 5.91 Å². The summed E-state index contributed by atoms with van der Waals surface area (Å²) >= 11 is 0. The fourth-order valence-corrected chi connectivity index (χ4v) is 1.62. The van der Waals surface area contributed by atoms with E-state index in [0.717, 1.165) is 0 Å². The molecule has 1 aromatic carbocycles. The van der Waals surface area contributed by atoms with E-state index >= 15 is 0 Å². The van der Waals surface area contributed by atoms with E-state index in [0.29, 0.717) is 18.7 Å². The molecule has 0 atom stereocenters. The first kappa shape index (κ1) is 16.4. The van der Waals surface area contributed by atoms with Crippen molar-refractivity contribution in [3.63, 3.8) is 0 Å². The molecular weight excluding hydrogens is 266 g/mol. The van der Waals surface area contributed by atoms with Gasteiger partial charge in [-0.15, -0.1) is 0 Å². The molecular formula is C14H20F2N2O2. The Bertz CT molecular complexity index is 441. The zero-order valence-corrected chi connectivity index (χ0v) is 11.9. The highest BCUT2D eigenvalue weighted by Gasteiger charge is 2.14. The number of carbonyl (C=O) groups is 1. The van der Waals surface area contributed by atoms with Crippen LogP contribution in [-0.2, 0) is 11.3 Å². The molecule has 112 valence electrons. The highest BCUT2D eigenvalue weighted by Crippen LogP contribution is 2.23. The maximum absolute atomic E-state index is 13.7. The molecule has 1 rings (SSSR count). The van der Waals surface area contributed by atoms with Crippen LogP contribution in [-0.4, -0.2) is 25.1 Å². The molecule has 0 heterocycles. The molecule has 0 radical (unpaired) electrons. The van der Waals surface area contributed by atoms with Crippen molar-refractivity contribution in [3.05, 3.63) is 29.3 Å². The number of amides is 1. The minimum atomic E-state index is -0.810. The lowest BCUT2D eigenvalue weighted by Gasteiger charge is -2.12. The number of benzene rings is 1. The average molecular weight is 286 g/mol. The van der Waals surface area contributed by atoms with Crippen molar-refractivity contribution in [1.29, 1.82) is 0 Å². The molecule has 0 aliphatic heterocycles. The molecule has 0 spiro atoms. The molecule has 1 aromatic rings. The van der Waals surface area contributed by atoms with Gasteiger partial charge in [0.25, 0.3) is 5.91 Å². The maximum atomic E-state index is 13.7. The van der Waals surface area contributed by atoms with Crippen molar-refractivity contribution in [2.45, 2.75) is 33.4 Å². The van der Waals surface area contributed by atoms with Gasteiger partial charge in [0, 0.05) is 12.6 Å². The Morgan fingerprint density at radius 3 is 2.40 bits per heavy atom. The highest BCUT2D eigenvalue weighted by atomic mass is 19.1. The summed E-state index contributed by atoms with van der Waals surface area (Å²) in [6.45, 7) is 6.13. The Kier molecular flexibility index (Phi) is 6.38. The van der Waals surface area contributed by atoms with Crippen molar-refractivity contribution in [2.75, 3.05) is 13.2 Å². The SMILES string of the molecule is CCNCc1cc(F)c(OCC(=O)NC(C)C)c(F)c1. The van der Waals surface area contributed by atoms with Crippen LogP contribution in [0.5, 0.6) is 5.75 Å². The topological polar surface area (TPSA) is 50.4 Å². The number of ether oxygens (including phenoxy) is 1. The lowest BCUT2D eigenvalue weighted by molar-refractivity contribution is -0.123. The molecule has 6 heteroatoms. The first-order valence-electron chi connectivity index (χ1n) is 6.54. The summed E-state index contributed by atoms with van der Waals surface area (Å²) in [7, 11) is 0. The Labute approximate surface area is 117 Å². The third kappa shape index (κ3) is 5.13. The zero-order chi connectivity index (χ0) is 15.1. The third-order valence-corrected chi connectivity index (χ3v) is 2.43. The first-order chi connectivity index (χ1) is 9.43. The van der Waals surface area contributed by atoms with E-state index in [2.05, 4.69) is 10.6 Å². The monoisotopic (exact) mass is 286 g/mol. The fraction of sp³-hybridized carbons (Fsp3) is 0.500. The van der Waals surface area contributed by atoms with Gasteiger partial charge in [-0.1, -0.05) is 6.92 Å². The molecule has 20 heavy (non-hydrogen) atoms. The van der Waals surface area contributed by atoms with Crippen LogP contribution in [0.4, 0.5) is 8.78 Å². The van der Waals surface area contributed by atoms with Crippen LogP contribution in [0.2, 0.25) is 0 Å². The molecule has 0 fully saturated rings. The number of hydrogen-bond donors (Lipinski definition) is 2. The van der Waals surface area contributed by atoms with Gasteiger partial charge in [0.2, 0.25) is 0 Å². The summed E-state index contributed by atoms with van der Waals surface area (Å²) in [5.41, 5.74) is 0.487. The predicted molar refractivity (Wildman–Crippen MR) is 72.5 cm³/mol. The Balaban J connectivity index is 2.69. The second kappa shape index (κ2) is 7.79. The minimum Gasteiger partial charge on any atom is -0.478 e. The van der Waals surface area contributed by atoms with Crippen LogP contribution in [0, 0.1) is 11.6 Å². The summed E-state index contributed by atoms with van der Waals surface area (Å²) in [6, 6.07) is 2.34. The van der Waals surface area contributed by atoms with Crippen molar-refractivity contribution in [3.8, 4) is 5.75 Å². The highest BCUT2D eigenvalue weighted by molar-refractivity contribution is 5.77. The van der Waals surface area contributed by atoms with Crippen LogP contribution >= 0.6 is 0 Å². The molecule has 0 aromatic heterocycles. The van der Waals surface area contributed by atoms with E-state index in [-0.39, 0.29) is 6.04 Å². The molecule has 0 unspecified atom stereocenters. The lowest BCUT2D eigenvalue weighted by Crippen LogP contribution is -2.34. The molecule has 1 amide bonds. The van der Waals surface area contributed by atoms with E-state index < -0.39 is 29.9 Å². The van der Waals surface area contributed by atoms with Gasteiger partial charge in [-0.05, 0) is 38.1 Å². The van der Waals surface area contributed by atoms with E-state index in [4.69, 9.17) is 4.74 Å². The molecule has 0 aliphatic carbocycles. The lowest BCUT2D eigenvalue weighted by atomic mass is 10.2. The van der Waals surface area contributed by atoms with E-state index in [1.165, 1.54) is 12.1 Å². The van der Waals surface area contributed by atoms with Gasteiger partial charge in [-0.2, -0.15) is 0 Å². The van der Waals surface area contributed by atoms with Crippen LogP contribution < -0.4 is 15.4 Å². The number of rotatable bonds is 7. The number of nitrogens with one attached hydrogen (secondary N) is 2. The number of halogens is 2. The van der Waals surface area contributed by atoms with E-state index in [1.54, 1.807) is 13.8 Å². The van der Waals surface area contributed by atoms with Gasteiger partial charge in [0.05, 0.1) is 0 Å². The Hall–Kier alpha value is -1.69. The van der Waals surface area contributed by atoms with Gasteiger partial charge in [-0.3, -0.25) is 4.79 Å². The molecule has 0 aliphatic rings. The van der Waals surface area contributed by atoms with Gasteiger partial charge < -0.3 is 15.4 Å². The van der Waals surface area contributed by atoms with Gasteiger partial charge in [0.15, 0.2) is 24.0 Å². The third-order valence-electron chi connectivity index (χ3n) is 2.43. The van der Waals surface area contributed by atoms with Crippen LogP contribution in [0.25, 0.3) is 0 Å². The average Bonchev–Trinajstić information content (AvgIpc) is 2.34. The van der Waals surface area contributed by atoms with E-state index in [9.17, 15) is 13.6 Å². The first-order valence-corrected chi connectivity index (χ1v) is 6.54. The summed E-state index contributed by atoms with van der Waals surface area (Å²) in [6.07, 6.45) is 0. The largest absolute Gasteiger partial charge is 0.478 e. The second-order valence-corrected chi connectivity index (χ2v) is 4.68. The standard InChI is InChI=1S/C14H20F2N2O2/c1-4-17-7-10-5-11(15)14(12(16)6-10)20-8-13(19)18-9(2)3/h5-6,9,17H,4,7-8H2,1-3H3,(H,18,19). The summed E-state index contributed by atoms with van der Waals surface area (Å²) in [5.74, 6) is -2.56. The minimum absolute atomic E-state index is 0.0525. The summed E-state index contributed by atoms with van der Waals surface area (Å²) < 4.78 is 32.4. The van der Waals surface area contributed by atoms with Crippen LogP contribution in [0.1, 0.15) is 26.3 Å². The summed E-state index contributed by atoms with van der Waals surface area (Å²) in [5, 5.41) is 5.54. The van der Waals surface area contributed by atoms with Crippen molar-refractivity contribution in [1.82, 2.24) is 10.6 Å². The smallest absolute Gasteiger partial charge is 0.258 e. The number of carbonyl (C=O) groups excluding carboxylic acids is 1. The van der Waals surface area contributed by atoms with Gasteiger partial charge in [0.1, 0.15) is 0 Å². The second-order valence-electron chi connectivity index (χ2n) is 4.68. The van der Waals surface area contributed by atoms with Gasteiger partial charge in [-0.25, -0.2) is 8.78 Å². The normalized spacial score (nSPS) is 10.7. The molecule has 4 nitrogen and oxygen atoms in total. The fourth-order valence-electron chi connectivity index (χ4n) is 1.62. The number of hydrogen-bond acceptors (Lipinski definition) is 3. The maximum Gasteiger partial charge on any atom is 0.258 e. The van der Waals surface area contributed by atoms with Crippen LogP contribution in [0.3, 0.4) is 0 Å². The molecule has 0 saturated heterocycles. The molecule has 2 N–H and O–H groups in total. The quantitative estimate of drug-likeness (QED) is 0.806.